The van der Waals surface area contributed by atoms with Crippen molar-refractivity contribution in [3.8, 4) is 0 Å². The van der Waals surface area contributed by atoms with Crippen molar-refractivity contribution in [1.82, 2.24) is 14.8 Å². The van der Waals surface area contributed by atoms with Crippen molar-refractivity contribution >= 4 is 12.2 Å². The Bertz CT molecular complexity index is 300. The molecule has 0 aromatic carbocycles. The summed E-state index contributed by atoms with van der Waals surface area (Å²) in [5.74, 6) is 1.84. The third-order valence-corrected chi connectivity index (χ3v) is 2.22. The van der Waals surface area contributed by atoms with E-state index in [1.807, 2.05) is 10.9 Å². The van der Waals surface area contributed by atoms with Gasteiger partial charge in [0.1, 0.15) is 6.33 Å². The molecule has 1 aliphatic rings. The largest absolute Gasteiger partial charge is 0.247 e. The second-order valence-corrected chi connectivity index (χ2v) is 3.43. The zero-order chi connectivity index (χ0) is 8.55. The van der Waals surface area contributed by atoms with Crippen molar-refractivity contribution in [3.05, 3.63) is 6.33 Å². The molecule has 2 heterocycles. The summed E-state index contributed by atoms with van der Waals surface area (Å²) in [6.45, 7) is 5.30. The molecule has 12 heavy (non-hydrogen) atoms. The molecule has 0 amide bonds. The van der Waals surface area contributed by atoms with Crippen LogP contribution in [0.3, 0.4) is 0 Å². The highest BCUT2D eigenvalue weighted by molar-refractivity contribution is 5.65. The van der Waals surface area contributed by atoms with Crippen molar-refractivity contribution in [2.45, 2.75) is 20.4 Å². The number of rotatable bonds is 1. The van der Waals surface area contributed by atoms with E-state index < -0.39 is 0 Å². The van der Waals surface area contributed by atoms with Gasteiger partial charge in [-0.3, -0.25) is 0 Å². The first kappa shape index (κ1) is 7.46. The molecule has 1 aromatic rings. The first-order valence-corrected chi connectivity index (χ1v) is 4.19. The summed E-state index contributed by atoms with van der Waals surface area (Å²) < 4.78 is 1.85. The molecule has 0 radical (unpaired) electrons. The molecule has 4 heteroatoms. The van der Waals surface area contributed by atoms with Gasteiger partial charge in [-0.25, -0.2) is 9.67 Å². The number of nitrogens with zero attached hydrogens (tertiary/aromatic N) is 4. The number of fused-ring (bicyclic) bond motifs is 1. The lowest BCUT2D eigenvalue weighted by Gasteiger charge is -2.19. The van der Waals surface area contributed by atoms with Crippen molar-refractivity contribution in [1.29, 1.82) is 0 Å². The molecule has 1 aromatic heterocycles. The Morgan fingerprint density at radius 3 is 3.17 bits per heavy atom. The maximum absolute atomic E-state index is 4.22. The molecule has 0 N–H and O–H groups in total. The molecular formula is C8H12N4. The van der Waals surface area contributed by atoms with Gasteiger partial charge in [-0.15, -0.1) is 0 Å². The minimum atomic E-state index is 0.499. The van der Waals surface area contributed by atoms with E-state index in [9.17, 15) is 0 Å². The highest BCUT2D eigenvalue weighted by atomic mass is 15.4. The molecule has 1 aliphatic heterocycles. The Balaban J connectivity index is 2.24. The van der Waals surface area contributed by atoms with Gasteiger partial charge in [0, 0.05) is 12.1 Å². The van der Waals surface area contributed by atoms with Crippen molar-refractivity contribution < 1.29 is 0 Å². The molecule has 2 rings (SSSR count). The van der Waals surface area contributed by atoms with Crippen LogP contribution in [0.5, 0.6) is 0 Å². The first-order chi connectivity index (χ1) is 5.77. The smallest absolute Gasteiger partial charge is 0.230 e. The highest BCUT2D eigenvalue weighted by Gasteiger charge is 2.18. The van der Waals surface area contributed by atoms with E-state index in [1.54, 1.807) is 6.33 Å². The Morgan fingerprint density at radius 2 is 2.42 bits per heavy atom. The lowest BCUT2D eigenvalue weighted by molar-refractivity contribution is 0.409. The Hall–Kier alpha value is -1.19. The molecule has 0 saturated heterocycles. The van der Waals surface area contributed by atoms with Crippen LogP contribution in [0.1, 0.15) is 13.8 Å². The van der Waals surface area contributed by atoms with Crippen LogP contribution in [0.25, 0.3) is 0 Å². The summed E-state index contributed by atoms with van der Waals surface area (Å²) in [5, 5.41) is 4.08. The standard InChI is InChI=1S/C8H12N4/c1-6(2)7-3-9-8-10-5-11-12(8)4-7/h3,5-7H,4H2,1-2H3. The topological polar surface area (TPSA) is 43.1 Å². The number of hydrogen-bond donors (Lipinski definition) is 0. The van der Waals surface area contributed by atoms with Crippen LogP contribution in [0.4, 0.5) is 5.95 Å². The zero-order valence-electron chi connectivity index (χ0n) is 7.31. The van der Waals surface area contributed by atoms with E-state index in [1.165, 1.54) is 0 Å². The fourth-order valence-electron chi connectivity index (χ4n) is 1.28. The van der Waals surface area contributed by atoms with Crippen molar-refractivity contribution in [2.24, 2.45) is 16.8 Å². The SMILES string of the molecule is CC(C)C1C=Nc2ncnn2C1. The van der Waals surface area contributed by atoms with Gasteiger partial charge in [0.25, 0.3) is 0 Å². The van der Waals surface area contributed by atoms with Gasteiger partial charge in [-0.2, -0.15) is 10.1 Å². The molecule has 0 aliphatic carbocycles. The zero-order valence-corrected chi connectivity index (χ0v) is 7.31. The average Bonchev–Trinajstić information content (AvgIpc) is 2.49. The molecule has 64 valence electrons. The monoisotopic (exact) mass is 164 g/mol. The highest BCUT2D eigenvalue weighted by Crippen LogP contribution is 2.19. The fraction of sp³-hybridized carbons (Fsp3) is 0.625. The summed E-state index contributed by atoms with van der Waals surface area (Å²) in [6, 6.07) is 0. The predicted octanol–water partition coefficient (Wildman–Crippen LogP) is 1.27. The number of hydrogen-bond acceptors (Lipinski definition) is 3. The maximum atomic E-state index is 4.22. The summed E-state index contributed by atoms with van der Waals surface area (Å²) >= 11 is 0. The van der Waals surface area contributed by atoms with Gasteiger partial charge in [0.05, 0.1) is 6.54 Å². The van der Waals surface area contributed by atoms with E-state index in [-0.39, 0.29) is 0 Å². The van der Waals surface area contributed by atoms with Gasteiger partial charge in [0.2, 0.25) is 5.95 Å². The molecule has 0 bridgehead atoms. The van der Waals surface area contributed by atoms with Gasteiger partial charge in [0.15, 0.2) is 0 Å². The second-order valence-electron chi connectivity index (χ2n) is 3.43. The third kappa shape index (κ3) is 1.13. The van der Waals surface area contributed by atoms with Crippen LogP contribution in [0.2, 0.25) is 0 Å². The quantitative estimate of drug-likeness (QED) is 0.627. The van der Waals surface area contributed by atoms with Crippen molar-refractivity contribution in [3.63, 3.8) is 0 Å². The lowest BCUT2D eigenvalue weighted by atomic mass is 9.97. The summed E-state index contributed by atoms with van der Waals surface area (Å²) in [6.07, 6.45) is 3.53. The van der Waals surface area contributed by atoms with Crippen LogP contribution < -0.4 is 0 Å². The van der Waals surface area contributed by atoms with Gasteiger partial charge in [-0.05, 0) is 5.92 Å². The molecule has 1 atom stereocenters. The van der Waals surface area contributed by atoms with E-state index in [4.69, 9.17) is 0 Å². The van der Waals surface area contributed by atoms with Crippen LogP contribution in [0.15, 0.2) is 11.3 Å². The van der Waals surface area contributed by atoms with E-state index in [0.29, 0.717) is 11.8 Å². The molecule has 0 spiro atoms. The maximum Gasteiger partial charge on any atom is 0.247 e. The lowest BCUT2D eigenvalue weighted by Crippen LogP contribution is -2.21. The molecule has 1 unspecified atom stereocenters. The van der Waals surface area contributed by atoms with Crippen LogP contribution in [0, 0.1) is 11.8 Å². The van der Waals surface area contributed by atoms with Crippen molar-refractivity contribution in [2.75, 3.05) is 0 Å². The molecule has 0 saturated carbocycles. The Kier molecular flexibility index (Phi) is 1.67. The minimum Gasteiger partial charge on any atom is -0.230 e. The van der Waals surface area contributed by atoms with Gasteiger partial charge >= 0.3 is 0 Å². The normalized spacial score (nSPS) is 21.4. The Labute approximate surface area is 71.3 Å². The second kappa shape index (κ2) is 2.69. The van der Waals surface area contributed by atoms with E-state index in [0.717, 1.165) is 12.5 Å². The van der Waals surface area contributed by atoms with Crippen LogP contribution in [-0.4, -0.2) is 21.0 Å². The first-order valence-electron chi connectivity index (χ1n) is 4.19. The number of aromatic nitrogens is 3. The van der Waals surface area contributed by atoms with Crippen LogP contribution >= 0.6 is 0 Å². The molecule has 4 nitrogen and oxygen atoms in total. The molecule has 0 fully saturated rings. The van der Waals surface area contributed by atoms with Gasteiger partial charge < -0.3 is 0 Å². The summed E-state index contributed by atoms with van der Waals surface area (Å²) in [5.41, 5.74) is 0. The average molecular weight is 164 g/mol. The van der Waals surface area contributed by atoms with Crippen LogP contribution in [-0.2, 0) is 6.54 Å². The predicted molar refractivity (Wildman–Crippen MR) is 46.5 cm³/mol. The number of aliphatic imine (C=N–C) groups is 1. The fourth-order valence-corrected chi connectivity index (χ4v) is 1.28. The summed E-state index contributed by atoms with van der Waals surface area (Å²) in [7, 11) is 0. The Morgan fingerprint density at radius 1 is 1.58 bits per heavy atom. The van der Waals surface area contributed by atoms with E-state index in [2.05, 4.69) is 28.9 Å². The summed E-state index contributed by atoms with van der Waals surface area (Å²) in [4.78, 5) is 8.22. The molecular weight excluding hydrogens is 152 g/mol. The van der Waals surface area contributed by atoms with Gasteiger partial charge in [-0.1, -0.05) is 13.8 Å². The van der Waals surface area contributed by atoms with E-state index >= 15 is 0 Å². The minimum absolute atomic E-state index is 0.499. The third-order valence-electron chi connectivity index (χ3n) is 2.22.